The van der Waals surface area contributed by atoms with Gasteiger partial charge < -0.3 is 9.84 Å². The molecule has 0 saturated carbocycles. The summed E-state index contributed by atoms with van der Waals surface area (Å²) in [7, 11) is 0. The molecule has 0 aliphatic carbocycles. The van der Waals surface area contributed by atoms with E-state index < -0.39 is 5.97 Å². The van der Waals surface area contributed by atoms with Crippen LogP contribution in [0.1, 0.15) is 96.8 Å². The second-order valence-corrected chi connectivity index (χ2v) is 6.00. The summed E-state index contributed by atoms with van der Waals surface area (Å²) < 4.78 is 5.07. The van der Waals surface area contributed by atoms with E-state index in [4.69, 9.17) is 9.84 Å². The van der Waals surface area contributed by atoms with Gasteiger partial charge in [0, 0.05) is 12.8 Å². The second-order valence-electron chi connectivity index (χ2n) is 6.00. The minimum absolute atomic E-state index is 0.0353. The number of rotatable bonds is 16. The monoisotopic (exact) mass is 314 g/mol. The smallest absolute Gasteiger partial charge is 0.305 e. The fourth-order valence-electron chi connectivity index (χ4n) is 2.41. The number of carbonyl (C=O) groups is 2. The van der Waals surface area contributed by atoms with Gasteiger partial charge in [0.1, 0.15) is 0 Å². The molecule has 0 fully saturated rings. The first-order chi connectivity index (χ1) is 10.7. The fraction of sp³-hybridized carbons (Fsp3) is 0.889. The Bertz CT molecular complexity index is 276. The molecule has 0 rings (SSSR count). The highest BCUT2D eigenvalue weighted by molar-refractivity contribution is 5.71. The maximum atomic E-state index is 11.3. The number of aliphatic carboxylic acids is 1. The third kappa shape index (κ3) is 17.0. The molecular formula is C18H34O4. The Balaban J connectivity index is 3.13. The molecule has 0 aliphatic rings. The molecule has 4 nitrogen and oxygen atoms in total. The summed E-state index contributed by atoms with van der Waals surface area (Å²) >= 11 is 0. The molecule has 0 aromatic rings. The van der Waals surface area contributed by atoms with Crippen LogP contribution in [0.3, 0.4) is 0 Å². The third-order valence-electron chi connectivity index (χ3n) is 3.78. The van der Waals surface area contributed by atoms with E-state index in [0.717, 1.165) is 12.8 Å². The summed E-state index contributed by atoms with van der Waals surface area (Å²) in [6.45, 7) is 2.72. The van der Waals surface area contributed by atoms with Crippen molar-refractivity contribution in [2.24, 2.45) is 0 Å². The van der Waals surface area contributed by atoms with Crippen LogP contribution < -0.4 is 0 Å². The van der Waals surface area contributed by atoms with Gasteiger partial charge in [-0.2, -0.15) is 0 Å². The highest BCUT2D eigenvalue weighted by Crippen LogP contribution is 2.11. The largest absolute Gasteiger partial charge is 0.481 e. The molecule has 0 amide bonds. The van der Waals surface area contributed by atoms with Crippen molar-refractivity contribution in [1.29, 1.82) is 0 Å². The molecule has 0 heterocycles. The van der Waals surface area contributed by atoms with Gasteiger partial charge in [-0.05, 0) is 12.8 Å². The first-order valence-corrected chi connectivity index (χ1v) is 9.04. The van der Waals surface area contributed by atoms with E-state index in [0.29, 0.717) is 13.0 Å². The Morgan fingerprint density at radius 2 is 1.23 bits per heavy atom. The van der Waals surface area contributed by atoms with Crippen molar-refractivity contribution in [3.63, 3.8) is 0 Å². The SMILES string of the molecule is CCCCCCCCCCCCCOC(=O)CCCC(=O)O. The maximum absolute atomic E-state index is 11.3. The molecular weight excluding hydrogens is 280 g/mol. The molecule has 0 aliphatic heterocycles. The molecule has 0 aromatic carbocycles. The van der Waals surface area contributed by atoms with Gasteiger partial charge >= 0.3 is 11.9 Å². The average molecular weight is 314 g/mol. The van der Waals surface area contributed by atoms with E-state index in [1.54, 1.807) is 0 Å². The van der Waals surface area contributed by atoms with Crippen molar-refractivity contribution in [1.82, 2.24) is 0 Å². The number of ether oxygens (including phenoxy) is 1. The maximum Gasteiger partial charge on any atom is 0.305 e. The van der Waals surface area contributed by atoms with Gasteiger partial charge in [0.25, 0.3) is 0 Å². The lowest BCUT2D eigenvalue weighted by atomic mass is 10.1. The highest BCUT2D eigenvalue weighted by Gasteiger charge is 2.04. The van der Waals surface area contributed by atoms with Crippen molar-refractivity contribution < 1.29 is 19.4 Å². The first kappa shape index (κ1) is 20.9. The van der Waals surface area contributed by atoms with E-state index in [2.05, 4.69) is 6.92 Å². The van der Waals surface area contributed by atoms with Crippen molar-refractivity contribution >= 4 is 11.9 Å². The summed E-state index contributed by atoms with van der Waals surface area (Å²) in [6.07, 6.45) is 14.6. The number of carbonyl (C=O) groups excluding carboxylic acids is 1. The van der Waals surface area contributed by atoms with E-state index >= 15 is 0 Å². The lowest BCUT2D eigenvalue weighted by Crippen LogP contribution is -2.06. The topological polar surface area (TPSA) is 63.6 Å². The van der Waals surface area contributed by atoms with E-state index in [1.807, 2.05) is 0 Å². The Morgan fingerprint density at radius 1 is 0.727 bits per heavy atom. The molecule has 0 aromatic heterocycles. The van der Waals surface area contributed by atoms with Crippen molar-refractivity contribution in [2.75, 3.05) is 6.61 Å². The van der Waals surface area contributed by atoms with Crippen molar-refractivity contribution in [3.05, 3.63) is 0 Å². The summed E-state index contributed by atoms with van der Waals surface area (Å²) in [4.78, 5) is 21.6. The number of hydrogen-bond donors (Lipinski definition) is 1. The predicted octanol–water partition coefficient (Wildman–Crippen LogP) is 5.10. The predicted molar refractivity (Wildman–Crippen MR) is 88.9 cm³/mol. The molecule has 0 unspecified atom stereocenters. The minimum atomic E-state index is -0.863. The van der Waals surface area contributed by atoms with Crippen LogP contribution >= 0.6 is 0 Å². The van der Waals surface area contributed by atoms with Crippen LogP contribution in [0.25, 0.3) is 0 Å². The zero-order chi connectivity index (χ0) is 16.5. The van der Waals surface area contributed by atoms with Gasteiger partial charge in [0.15, 0.2) is 0 Å². The minimum Gasteiger partial charge on any atom is -0.481 e. The van der Waals surface area contributed by atoms with E-state index in [1.165, 1.54) is 57.8 Å². The van der Waals surface area contributed by atoms with Gasteiger partial charge in [-0.15, -0.1) is 0 Å². The van der Waals surface area contributed by atoms with Gasteiger partial charge in [-0.1, -0.05) is 71.1 Å². The first-order valence-electron chi connectivity index (χ1n) is 9.04. The molecule has 0 atom stereocenters. The second kappa shape index (κ2) is 16.3. The van der Waals surface area contributed by atoms with Gasteiger partial charge in [0.05, 0.1) is 6.61 Å². The standard InChI is InChI=1S/C18H34O4/c1-2-3-4-5-6-7-8-9-10-11-12-16-22-18(21)15-13-14-17(19)20/h2-16H2,1H3,(H,19,20). The zero-order valence-electron chi connectivity index (χ0n) is 14.3. The average Bonchev–Trinajstić information content (AvgIpc) is 2.48. The normalized spacial score (nSPS) is 10.6. The highest BCUT2D eigenvalue weighted by atomic mass is 16.5. The third-order valence-corrected chi connectivity index (χ3v) is 3.78. The number of carboxylic acid groups (broad SMARTS) is 1. The number of hydrogen-bond acceptors (Lipinski definition) is 3. The summed E-state index contributed by atoms with van der Waals surface area (Å²) in [5.74, 6) is -1.13. The molecule has 0 saturated heterocycles. The van der Waals surface area contributed by atoms with Crippen LogP contribution in [0.5, 0.6) is 0 Å². The van der Waals surface area contributed by atoms with Crippen LogP contribution in [-0.2, 0) is 14.3 Å². The number of esters is 1. The Kier molecular flexibility index (Phi) is 15.5. The zero-order valence-corrected chi connectivity index (χ0v) is 14.3. The quantitative estimate of drug-likeness (QED) is 0.318. The molecule has 22 heavy (non-hydrogen) atoms. The molecule has 130 valence electrons. The summed E-state index contributed by atoms with van der Waals surface area (Å²) in [6, 6.07) is 0. The van der Waals surface area contributed by atoms with Crippen LogP contribution in [0.2, 0.25) is 0 Å². The number of carboxylic acids is 1. The van der Waals surface area contributed by atoms with Crippen molar-refractivity contribution in [3.8, 4) is 0 Å². The van der Waals surface area contributed by atoms with Crippen LogP contribution in [-0.4, -0.2) is 23.7 Å². The Hall–Kier alpha value is -1.06. The summed E-state index contributed by atoms with van der Waals surface area (Å²) in [5, 5.41) is 8.46. The lowest BCUT2D eigenvalue weighted by Gasteiger charge is -2.05. The van der Waals surface area contributed by atoms with Crippen LogP contribution in [0, 0.1) is 0 Å². The lowest BCUT2D eigenvalue weighted by molar-refractivity contribution is -0.144. The van der Waals surface area contributed by atoms with Crippen LogP contribution in [0.15, 0.2) is 0 Å². The Labute approximate surface area is 135 Å². The van der Waals surface area contributed by atoms with Gasteiger partial charge in [-0.25, -0.2) is 0 Å². The van der Waals surface area contributed by atoms with E-state index in [9.17, 15) is 9.59 Å². The van der Waals surface area contributed by atoms with Gasteiger partial charge in [0.2, 0.25) is 0 Å². The fourth-order valence-corrected chi connectivity index (χ4v) is 2.41. The number of unbranched alkanes of at least 4 members (excludes halogenated alkanes) is 10. The Morgan fingerprint density at radius 3 is 1.73 bits per heavy atom. The van der Waals surface area contributed by atoms with Crippen molar-refractivity contribution in [2.45, 2.75) is 96.8 Å². The molecule has 0 bridgehead atoms. The van der Waals surface area contributed by atoms with Gasteiger partial charge in [-0.3, -0.25) is 9.59 Å². The van der Waals surface area contributed by atoms with E-state index in [-0.39, 0.29) is 18.8 Å². The van der Waals surface area contributed by atoms with Crippen LogP contribution in [0.4, 0.5) is 0 Å². The molecule has 0 radical (unpaired) electrons. The summed E-state index contributed by atoms with van der Waals surface area (Å²) in [5.41, 5.74) is 0. The molecule has 4 heteroatoms. The molecule has 1 N–H and O–H groups in total. The molecule has 0 spiro atoms.